The average Bonchev–Trinajstić information content (AvgIpc) is 2.37. The van der Waals surface area contributed by atoms with E-state index in [2.05, 4.69) is 37.7 Å². The topological polar surface area (TPSA) is 17.1 Å². The fourth-order valence-corrected chi connectivity index (χ4v) is 5.52. The van der Waals surface area contributed by atoms with Crippen LogP contribution in [0.5, 0.6) is 0 Å². The zero-order chi connectivity index (χ0) is 13.4. The minimum absolute atomic E-state index is 0.274. The summed E-state index contributed by atoms with van der Waals surface area (Å²) in [6, 6.07) is 6.18. The predicted octanol–water partition coefficient (Wildman–Crippen LogP) is 4.55. The second-order valence-electron chi connectivity index (χ2n) is 6.11. The lowest BCUT2D eigenvalue weighted by molar-refractivity contribution is 0.0895. The summed E-state index contributed by atoms with van der Waals surface area (Å²) in [7, 11) is 0. The van der Waals surface area contributed by atoms with Crippen LogP contribution in [-0.4, -0.2) is 16.3 Å². The van der Waals surface area contributed by atoms with Gasteiger partial charge in [-0.1, -0.05) is 24.6 Å². The normalized spacial score (nSPS) is 30.1. The number of aryl methyl sites for hydroxylation is 2. The molecule has 2 saturated heterocycles. The van der Waals surface area contributed by atoms with Crippen LogP contribution in [0, 0.1) is 19.8 Å². The van der Waals surface area contributed by atoms with Gasteiger partial charge in [0, 0.05) is 22.0 Å². The summed E-state index contributed by atoms with van der Waals surface area (Å²) < 4.78 is 0. The molecule has 3 rings (SSSR count). The molecule has 2 fully saturated rings. The minimum atomic E-state index is 0.274. The molecule has 2 unspecified atom stereocenters. The van der Waals surface area contributed by atoms with Gasteiger partial charge in [-0.15, -0.1) is 0 Å². The van der Waals surface area contributed by atoms with Crippen molar-refractivity contribution in [3.05, 3.63) is 34.9 Å². The van der Waals surface area contributed by atoms with Gasteiger partial charge in [0.2, 0.25) is 0 Å². The molecule has 1 aromatic rings. The number of benzene rings is 1. The number of carbonyl (C=O) groups excluding carboxylic acids is 1. The third-order valence-corrected chi connectivity index (χ3v) is 6.26. The van der Waals surface area contributed by atoms with E-state index in [1.54, 1.807) is 0 Å². The lowest BCUT2D eigenvalue weighted by Gasteiger charge is -2.38. The van der Waals surface area contributed by atoms with Crippen LogP contribution in [0.1, 0.15) is 53.6 Å². The molecule has 0 aliphatic carbocycles. The van der Waals surface area contributed by atoms with Gasteiger partial charge in [-0.05, 0) is 50.7 Å². The monoisotopic (exact) mass is 274 g/mol. The Labute approximate surface area is 120 Å². The largest absolute Gasteiger partial charge is 0.294 e. The third kappa shape index (κ3) is 2.60. The van der Waals surface area contributed by atoms with Crippen molar-refractivity contribution in [2.45, 2.75) is 56.5 Å². The van der Waals surface area contributed by atoms with Crippen molar-refractivity contribution in [2.24, 2.45) is 5.92 Å². The first-order valence-electron chi connectivity index (χ1n) is 7.41. The second-order valence-corrected chi connectivity index (χ2v) is 7.72. The van der Waals surface area contributed by atoms with Gasteiger partial charge in [-0.3, -0.25) is 4.79 Å². The molecule has 2 heterocycles. The summed E-state index contributed by atoms with van der Waals surface area (Å²) in [5.41, 5.74) is 3.29. The van der Waals surface area contributed by atoms with Crippen LogP contribution in [-0.2, 0) is 0 Å². The van der Waals surface area contributed by atoms with E-state index in [1.807, 2.05) is 6.07 Å². The van der Waals surface area contributed by atoms with E-state index in [0.717, 1.165) is 40.0 Å². The van der Waals surface area contributed by atoms with Gasteiger partial charge in [-0.25, -0.2) is 0 Å². The van der Waals surface area contributed by atoms with E-state index in [1.165, 1.54) is 19.3 Å². The van der Waals surface area contributed by atoms with Crippen molar-refractivity contribution in [2.75, 3.05) is 0 Å². The Kier molecular flexibility index (Phi) is 3.70. The molecular weight excluding hydrogens is 252 g/mol. The van der Waals surface area contributed by atoms with E-state index >= 15 is 0 Å². The van der Waals surface area contributed by atoms with Crippen molar-refractivity contribution in [3.63, 3.8) is 0 Å². The van der Waals surface area contributed by atoms with Crippen LogP contribution in [0.2, 0.25) is 0 Å². The highest BCUT2D eigenvalue weighted by atomic mass is 32.2. The Morgan fingerprint density at radius 1 is 1.11 bits per heavy atom. The summed E-state index contributed by atoms with van der Waals surface area (Å²) >= 11 is 2.15. The molecule has 2 aliphatic heterocycles. The molecule has 2 heteroatoms. The zero-order valence-corrected chi connectivity index (χ0v) is 12.6. The summed E-state index contributed by atoms with van der Waals surface area (Å²) in [6.45, 7) is 4.14. The first-order valence-corrected chi connectivity index (χ1v) is 8.35. The van der Waals surface area contributed by atoms with Crippen molar-refractivity contribution < 1.29 is 4.79 Å². The van der Waals surface area contributed by atoms with Gasteiger partial charge in [-0.2, -0.15) is 11.8 Å². The number of fused-ring (bicyclic) bond motifs is 2. The van der Waals surface area contributed by atoms with Crippen molar-refractivity contribution in [1.29, 1.82) is 0 Å². The van der Waals surface area contributed by atoms with E-state index in [-0.39, 0.29) is 5.92 Å². The molecule has 19 heavy (non-hydrogen) atoms. The molecule has 1 aromatic carbocycles. The quantitative estimate of drug-likeness (QED) is 0.736. The first-order chi connectivity index (χ1) is 9.15. The number of carbonyl (C=O) groups is 1. The molecule has 0 N–H and O–H groups in total. The van der Waals surface area contributed by atoms with Crippen LogP contribution < -0.4 is 0 Å². The third-order valence-electron chi connectivity index (χ3n) is 4.63. The summed E-state index contributed by atoms with van der Waals surface area (Å²) in [4.78, 5) is 12.9. The Balaban J connectivity index is 1.84. The number of ketones is 1. The Bertz CT molecular complexity index is 462. The highest BCUT2D eigenvalue weighted by Gasteiger charge is 2.36. The highest BCUT2D eigenvalue weighted by Crippen LogP contribution is 2.44. The standard InChI is InChI=1S/C17H22OS/c1-11-5-3-6-12(2)16(11)17(18)13-9-14-7-4-8-15(10-13)19-14/h3,5-6,13-15H,4,7-10H2,1-2H3. The Hall–Kier alpha value is -0.760. The van der Waals surface area contributed by atoms with Crippen LogP contribution >= 0.6 is 11.8 Å². The summed E-state index contributed by atoms with van der Waals surface area (Å²) in [6.07, 6.45) is 6.21. The van der Waals surface area contributed by atoms with Crippen LogP contribution in [0.15, 0.2) is 18.2 Å². The van der Waals surface area contributed by atoms with E-state index in [4.69, 9.17) is 0 Å². The maximum Gasteiger partial charge on any atom is 0.166 e. The van der Waals surface area contributed by atoms with Crippen LogP contribution in [0.3, 0.4) is 0 Å². The molecule has 0 amide bonds. The number of hydrogen-bond donors (Lipinski definition) is 0. The van der Waals surface area contributed by atoms with Gasteiger partial charge in [0.05, 0.1) is 0 Å². The second kappa shape index (κ2) is 5.32. The minimum Gasteiger partial charge on any atom is -0.294 e. The fraction of sp³-hybridized carbons (Fsp3) is 0.588. The molecule has 0 aromatic heterocycles. The lowest BCUT2D eigenvalue weighted by Crippen LogP contribution is -2.33. The smallest absolute Gasteiger partial charge is 0.166 e. The summed E-state index contributed by atoms with van der Waals surface area (Å²) in [5.74, 6) is 0.684. The van der Waals surface area contributed by atoms with Gasteiger partial charge < -0.3 is 0 Å². The maximum atomic E-state index is 12.9. The Morgan fingerprint density at radius 3 is 2.26 bits per heavy atom. The lowest BCUT2D eigenvalue weighted by atomic mass is 9.82. The van der Waals surface area contributed by atoms with E-state index in [9.17, 15) is 4.79 Å². The summed E-state index contributed by atoms with van der Waals surface area (Å²) in [5, 5.41) is 1.48. The SMILES string of the molecule is Cc1cccc(C)c1C(=O)C1CC2CCCC(C1)S2. The average molecular weight is 274 g/mol. The van der Waals surface area contributed by atoms with Crippen LogP contribution in [0.4, 0.5) is 0 Å². The van der Waals surface area contributed by atoms with Crippen molar-refractivity contribution in [3.8, 4) is 0 Å². The molecular formula is C17H22OS. The molecule has 102 valence electrons. The Morgan fingerprint density at radius 2 is 1.68 bits per heavy atom. The van der Waals surface area contributed by atoms with Crippen molar-refractivity contribution in [1.82, 2.24) is 0 Å². The predicted molar refractivity (Wildman–Crippen MR) is 82.0 cm³/mol. The van der Waals surface area contributed by atoms with Gasteiger partial charge >= 0.3 is 0 Å². The molecule has 2 bridgehead atoms. The van der Waals surface area contributed by atoms with E-state index in [0.29, 0.717) is 5.78 Å². The van der Waals surface area contributed by atoms with Crippen LogP contribution in [0.25, 0.3) is 0 Å². The first kappa shape index (κ1) is 13.2. The maximum absolute atomic E-state index is 12.9. The number of rotatable bonds is 2. The molecule has 0 spiro atoms. The molecule has 1 nitrogen and oxygen atoms in total. The number of Topliss-reactive ketones (excluding diaryl/α,β-unsaturated/α-hetero) is 1. The highest BCUT2D eigenvalue weighted by molar-refractivity contribution is 8.00. The number of hydrogen-bond acceptors (Lipinski definition) is 2. The van der Waals surface area contributed by atoms with E-state index < -0.39 is 0 Å². The molecule has 2 atom stereocenters. The fourth-order valence-electron chi connectivity index (χ4n) is 3.68. The van der Waals surface area contributed by atoms with Gasteiger partial charge in [0.25, 0.3) is 0 Å². The van der Waals surface area contributed by atoms with Crippen molar-refractivity contribution >= 4 is 17.5 Å². The van der Waals surface area contributed by atoms with Gasteiger partial charge in [0.15, 0.2) is 5.78 Å². The van der Waals surface area contributed by atoms with Gasteiger partial charge in [0.1, 0.15) is 0 Å². The molecule has 2 aliphatic rings. The molecule has 0 radical (unpaired) electrons. The zero-order valence-electron chi connectivity index (χ0n) is 11.8. The molecule has 0 saturated carbocycles. The number of thioether (sulfide) groups is 1.